The first kappa shape index (κ1) is 75.8. The largest absolute Gasteiger partial charge is 0.391 e. The lowest BCUT2D eigenvalue weighted by molar-refractivity contribution is -0.157. The predicted octanol–water partition coefficient (Wildman–Crippen LogP) is 1.60. The summed E-state index contributed by atoms with van der Waals surface area (Å²) in [7, 11) is 9.55. The van der Waals surface area contributed by atoms with E-state index < -0.39 is 162 Å². The summed E-state index contributed by atoms with van der Waals surface area (Å²) in [5.41, 5.74) is 0. The molecule has 1 aliphatic rings. The van der Waals surface area contributed by atoms with E-state index in [2.05, 4.69) is 21.3 Å². The first-order valence-electron chi connectivity index (χ1n) is 29.8. The van der Waals surface area contributed by atoms with Crippen molar-refractivity contribution in [3.05, 3.63) is 12.2 Å². The highest BCUT2D eigenvalue weighted by Gasteiger charge is 2.46. The van der Waals surface area contributed by atoms with Crippen molar-refractivity contribution < 1.29 is 63.0 Å². The molecule has 480 valence electrons. The summed E-state index contributed by atoms with van der Waals surface area (Å²) in [6, 6.07) is -13.1. The topological polar surface area (TPSA) is 299 Å². The van der Waals surface area contributed by atoms with Gasteiger partial charge in [-0.25, -0.2) is 0 Å². The van der Waals surface area contributed by atoms with Gasteiger partial charge in [0.15, 0.2) is 0 Å². The van der Waals surface area contributed by atoms with Gasteiger partial charge in [-0.2, -0.15) is 0 Å². The van der Waals surface area contributed by atoms with Gasteiger partial charge in [-0.15, -0.1) is 0 Å². The number of aliphatic hydroxyl groups excluding tert-OH is 2. The minimum absolute atomic E-state index is 0.0185. The maximum Gasteiger partial charge on any atom is 0.246 e. The van der Waals surface area contributed by atoms with Crippen LogP contribution in [0.5, 0.6) is 0 Å². The molecule has 6 N–H and O–H groups in total. The lowest BCUT2D eigenvalue weighted by atomic mass is 9.91. The van der Waals surface area contributed by atoms with E-state index in [1.807, 2.05) is 41.5 Å². The van der Waals surface area contributed by atoms with Crippen molar-refractivity contribution in [1.82, 2.24) is 55.6 Å². The third-order valence-corrected chi connectivity index (χ3v) is 15.8. The average molecular weight is 1190 g/mol. The Bertz CT molecular complexity index is 2310. The predicted molar refractivity (Wildman–Crippen MR) is 321 cm³/mol. The monoisotopic (exact) mass is 1190 g/mol. The van der Waals surface area contributed by atoms with E-state index in [9.17, 15) is 53.4 Å². The molecule has 0 unspecified atom stereocenters. The van der Waals surface area contributed by atoms with Crippen LogP contribution in [0.2, 0.25) is 0 Å². The third kappa shape index (κ3) is 20.5. The molecular formula is C60H107N11O13. The molecule has 0 spiro atoms. The molecule has 1 fully saturated rings. The number of rotatable bonds is 14. The summed E-state index contributed by atoms with van der Waals surface area (Å²) < 4.78 is 0. The molecule has 0 radical (unpaired) electrons. The zero-order valence-electron chi connectivity index (χ0n) is 54.8. The van der Waals surface area contributed by atoms with Crippen LogP contribution in [0.15, 0.2) is 12.2 Å². The highest BCUT2D eigenvalue weighted by molar-refractivity contribution is 5.99. The van der Waals surface area contributed by atoms with Crippen molar-refractivity contribution in [3.8, 4) is 0 Å². The maximum absolute atomic E-state index is 15.1. The molecule has 24 nitrogen and oxygen atoms in total. The molecule has 0 bridgehead atoms. The molecule has 0 aromatic carbocycles. The Balaban J connectivity index is 4.30. The molecule has 24 heteroatoms. The van der Waals surface area contributed by atoms with Crippen molar-refractivity contribution in [2.45, 2.75) is 216 Å². The van der Waals surface area contributed by atoms with Gasteiger partial charge >= 0.3 is 0 Å². The smallest absolute Gasteiger partial charge is 0.246 e. The van der Waals surface area contributed by atoms with E-state index in [-0.39, 0.29) is 43.4 Å². The molecule has 11 amide bonds. The number of aliphatic hydroxyl groups is 2. The number of hydrogen-bond donors (Lipinski definition) is 6. The number of nitrogens with zero attached hydrogens (tertiary/aromatic N) is 7. The molecule has 1 heterocycles. The Morgan fingerprint density at radius 2 is 0.917 bits per heavy atom. The van der Waals surface area contributed by atoms with Gasteiger partial charge in [-0.3, -0.25) is 52.7 Å². The van der Waals surface area contributed by atoms with E-state index >= 15 is 9.59 Å². The van der Waals surface area contributed by atoms with Crippen molar-refractivity contribution in [3.63, 3.8) is 0 Å². The van der Waals surface area contributed by atoms with E-state index in [1.165, 1.54) is 89.7 Å². The third-order valence-electron chi connectivity index (χ3n) is 15.8. The standard InChI is InChI=1S/C60H107N11O13/c1-24-26-27-37(13)50(74)49-54(78)63-41(25-2)56(80)65(17)31-45(73)69(21)48(40(16)72)53(77)64-46(35(9)10)59(83)66(18)42(28-32(3)4)52(76)61-38(14)51(75)62-39(15)55(79)67(19)43(29-33(5)6)57(81)68(20)44(30-34(7)8)58(82)70(22)47(36(11)12)60(84)71(49)23/h24,26,32-44,46-50,72,74H,25,27-31H2,1-23H3,(H,61,76)(H,62,75)(H,63,78)(H,64,77)/b26-24+/t37-,38+,39-,40-,41+,42+,43+,44+,46+,47+,48+,49+,50-/m1/s1. The molecule has 0 aromatic rings. The van der Waals surface area contributed by atoms with Gasteiger partial charge < -0.3 is 65.8 Å². The SMILES string of the molecule is C/C=C/C[C@@H](C)[C@@H](O)[C@H]1C(=O)N[C@@H](CC)C(=O)N(C)CC(=O)N(C)[C@@H]([C@@H](C)O)C(=O)N[C@@H](C(C)C)C(=O)N(C)[C@@H](CC(C)C)C(=O)N[C@@H](C)C(=O)N[C@H](C)C(=O)N(C)[C@@H](CC(C)C)C(=O)N(C)[C@@H](CC(C)C)C(=O)N(C)[C@@H](C(C)C)C(=O)N1C. The lowest BCUT2D eigenvalue weighted by Crippen LogP contribution is -2.63. The van der Waals surface area contributed by atoms with Gasteiger partial charge in [0, 0.05) is 49.3 Å². The van der Waals surface area contributed by atoms with Crippen LogP contribution in [-0.2, 0) is 52.7 Å². The van der Waals surface area contributed by atoms with Crippen LogP contribution in [-0.4, -0.2) is 238 Å². The minimum atomic E-state index is -1.64. The summed E-state index contributed by atoms with van der Waals surface area (Å²) in [5, 5.41) is 33.8. The molecule has 1 rings (SSSR count). The van der Waals surface area contributed by atoms with Crippen molar-refractivity contribution in [1.29, 1.82) is 0 Å². The second-order valence-corrected chi connectivity index (χ2v) is 25.1. The molecule has 0 saturated carbocycles. The number of carbonyl (C=O) groups is 11. The van der Waals surface area contributed by atoms with Crippen molar-refractivity contribution in [2.24, 2.45) is 35.5 Å². The Labute approximate surface area is 500 Å². The summed E-state index contributed by atoms with van der Waals surface area (Å²) in [4.78, 5) is 167. The number of hydrogen-bond acceptors (Lipinski definition) is 13. The number of allylic oxidation sites excluding steroid dienone is 2. The zero-order chi connectivity index (χ0) is 65.3. The average Bonchev–Trinajstić information content (AvgIpc) is 3.42. The Morgan fingerprint density at radius 3 is 1.37 bits per heavy atom. The van der Waals surface area contributed by atoms with E-state index in [4.69, 9.17) is 0 Å². The fourth-order valence-corrected chi connectivity index (χ4v) is 10.5. The fourth-order valence-electron chi connectivity index (χ4n) is 10.5. The minimum Gasteiger partial charge on any atom is -0.391 e. The lowest BCUT2D eigenvalue weighted by Gasteiger charge is -2.41. The fraction of sp³-hybridized carbons (Fsp3) is 0.783. The molecule has 84 heavy (non-hydrogen) atoms. The highest BCUT2D eigenvalue weighted by Crippen LogP contribution is 2.25. The van der Waals surface area contributed by atoms with Crippen LogP contribution in [0.1, 0.15) is 143 Å². The Hall–Kier alpha value is -6.17. The van der Waals surface area contributed by atoms with Crippen molar-refractivity contribution in [2.75, 3.05) is 55.9 Å². The molecule has 0 aromatic heterocycles. The van der Waals surface area contributed by atoms with Crippen LogP contribution in [0, 0.1) is 35.5 Å². The first-order valence-corrected chi connectivity index (χ1v) is 29.8. The first-order chi connectivity index (χ1) is 38.7. The second-order valence-electron chi connectivity index (χ2n) is 25.1. The molecule has 1 aliphatic heterocycles. The van der Waals surface area contributed by atoms with Crippen LogP contribution in [0.25, 0.3) is 0 Å². The van der Waals surface area contributed by atoms with Crippen LogP contribution >= 0.6 is 0 Å². The molecule has 13 atom stereocenters. The normalized spacial score (nSPS) is 27.4. The van der Waals surface area contributed by atoms with Gasteiger partial charge in [-0.05, 0) is 95.3 Å². The maximum atomic E-state index is 15.1. The number of nitrogens with one attached hydrogen (secondary N) is 4. The zero-order valence-corrected chi connectivity index (χ0v) is 54.8. The molecular weight excluding hydrogens is 1080 g/mol. The second kappa shape index (κ2) is 34.1. The molecule has 0 aliphatic carbocycles. The summed E-state index contributed by atoms with van der Waals surface area (Å²) in [6.45, 7) is 26.4. The Kier molecular flexibility index (Phi) is 30.8. The van der Waals surface area contributed by atoms with E-state index in [0.29, 0.717) is 6.42 Å². The number of carbonyl (C=O) groups excluding carboxylic acids is 11. The van der Waals surface area contributed by atoms with Gasteiger partial charge in [0.1, 0.15) is 60.4 Å². The van der Waals surface area contributed by atoms with Crippen LogP contribution < -0.4 is 21.3 Å². The van der Waals surface area contributed by atoms with Crippen LogP contribution in [0.4, 0.5) is 0 Å². The molecule has 1 saturated heterocycles. The van der Waals surface area contributed by atoms with E-state index in [0.717, 1.165) is 14.7 Å². The van der Waals surface area contributed by atoms with Gasteiger partial charge in [0.2, 0.25) is 65.0 Å². The summed E-state index contributed by atoms with van der Waals surface area (Å²) in [5.74, 6) is -10.5. The highest BCUT2D eigenvalue weighted by atomic mass is 16.3. The number of amides is 11. The quantitative estimate of drug-likeness (QED) is 0.135. The number of likely N-dealkylation sites (N-methyl/N-ethyl adjacent to an activating group) is 7. The van der Waals surface area contributed by atoms with Crippen molar-refractivity contribution >= 4 is 65.0 Å². The van der Waals surface area contributed by atoms with Gasteiger partial charge in [-0.1, -0.05) is 95.2 Å². The Morgan fingerprint density at radius 1 is 0.476 bits per heavy atom. The van der Waals surface area contributed by atoms with Crippen LogP contribution in [0.3, 0.4) is 0 Å². The van der Waals surface area contributed by atoms with E-state index in [1.54, 1.807) is 60.6 Å². The summed E-state index contributed by atoms with van der Waals surface area (Å²) >= 11 is 0. The summed E-state index contributed by atoms with van der Waals surface area (Å²) in [6.07, 6.45) is 1.19. The van der Waals surface area contributed by atoms with Gasteiger partial charge in [0.25, 0.3) is 0 Å². The van der Waals surface area contributed by atoms with Gasteiger partial charge in [0.05, 0.1) is 18.8 Å².